The van der Waals surface area contributed by atoms with Crippen LogP contribution in [0.4, 0.5) is 0 Å². The number of aliphatic hydroxyl groups excluding tert-OH is 1. The van der Waals surface area contributed by atoms with E-state index in [2.05, 4.69) is 13.8 Å². The van der Waals surface area contributed by atoms with Gasteiger partial charge in [-0.2, -0.15) is 0 Å². The molecular weight excluding hydrogens is 258 g/mol. The highest BCUT2D eigenvalue weighted by Gasteiger charge is 2.29. The van der Waals surface area contributed by atoms with E-state index in [9.17, 15) is 4.79 Å². The zero-order valence-electron chi connectivity index (χ0n) is 13.0. The Labute approximate surface area is 121 Å². The lowest BCUT2D eigenvalue weighted by molar-refractivity contribution is -0.155. The number of hydrogen-bond donors (Lipinski definition) is 1. The Morgan fingerprint density at radius 1 is 1.50 bits per heavy atom. The van der Waals surface area contributed by atoms with Gasteiger partial charge >= 0.3 is 0 Å². The molecule has 0 aromatic heterocycles. The average Bonchev–Trinajstić information content (AvgIpc) is 2.42. The van der Waals surface area contributed by atoms with Gasteiger partial charge in [-0.15, -0.1) is 0 Å². The second-order valence-corrected chi connectivity index (χ2v) is 5.72. The van der Waals surface area contributed by atoms with E-state index in [1.807, 2.05) is 6.08 Å². The molecule has 5 nitrogen and oxygen atoms in total. The van der Waals surface area contributed by atoms with E-state index in [1.54, 1.807) is 14.1 Å². The van der Waals surface area contributed by atoms with E-state index in [0.29, 0.717) is 18.3 Å². The fourth-order valence-corrected chi connectivity index (χ4v) is 2.05. The summed E-state index contributed by atoms with van der Waals surface area (Å²) in [5, 5.41) is 8.75. The van der Waals surface area contributed by atoms with Crippen molar-refractivity contribution in [3.8, 4) is 0 Å². The normalized spacial score (nSPS) is 22.4. The highest BCUT2D eigenvalue weighted by molar-refractivity contribution is 5.91. The number of unbranched alkanes of at least 4 members (excludes halogenated alkanes) is 1. The number of allylic oxidation sites excluding steroid dienone is 1. The quantitative estimate of drug-likeness (QED) is 0.724. The SMILES string of the molecule is CC(C)[C@@H]1C=C(C(=O)N(C)C)O[C@H](OCCCCO)C1. The highest BCUT2D eigenvalue weighted by Crippen LogP contribution is 2.29. The Bertz CT molecular complexity index is 339. The fraction of sp³-hybridized carbons (Fsp3) is 0.800. The number of carbonyl (C=O) groups is 1. The molecule has 0 fully saturated rings. The number of hydrogen-bond acceptors (Lipinski definition) is 4. The Kier molecular flexibility index (Phi) is 7.02. The topological polar surface area (TPSA) is 59.0 Å². The molecule has 0 aliphatic carbocycles. The molecule has 0 aromatic rings. The maximum absolute atomic E-state index is 12.0. The van der Waals surface area contributed by atoms with Crippen molar-refractivity contribution in [2.75, 3.05) is 27.3 Å². The molecule has 5 heteroatoms. The van der Waals surface area contributed by atoms with Gasteiger partial charge in [-0.1, -0.05) is 13.8 Å². The Balaban J connectivity index is 2.63. The summed E-state index contributed by atoms with van der Waals surface area (Å²) in [6, 6.07) is 0. The van der Waals surface area contributed by atoms with E-state index < -0.39 is 0 Å². The molecule has 2 atom stereocenters. The van der Waals surface area contributed by atoms with Crippen molar-refractivity contribution in [2.45, 2.75) is 39.4 Å². The molecule has 1 aliphatic heterocycles. The van der Waals surface area contributed by atoms with Crippen molar-refractivity contribution < 1.29 is 19.4 Å². The van der Waals surface area contributed by atoms with Gasteiger partial charge in [0.25, 0.3) is 5.91 Å². The van der Waals surface area contributed by atoms with Crippen LogP contribution in [0.1, 0.15) is 33.1 Å². The van der Waals surface area contributed by atoms with Crippen LogP contribution in [0.3, 0.4) is 0 Å². The third-order valence-corrected chi connectivity index (χ3v) is 3.42. The van der Waals surface area contributed by atoms with Crippen LogP contribution in [0.25, 0.3) is 0 Å². The first-order valence-corrected chi connectivity index (χ1v) is 7.28. The van der Waals surface area contributed by atoms with Crippen LogP contribution in [-0.2, 0) is 14.3 Å². The molecule has 0 saturated heterocycles. The molecule has 0 spiro atoms. The molecule has 0 aromatic carbocycles. The third-order valence-electron chi connectivity index (χ3n) is 3.42. The molecule has 1 N–H and O–H groups in total. The zero-order chi connectivity index (χ0) is 15.1. The maximum Gasteiger partial charge on any atom is 0.288 e. The Hall–Kier alpha value is -1.07. The monoisotopic (exact) mass is 285 g/mol. The Morgan fingerprint density at radius 3 is 2.75 bits per heavy atom. The van der Waals surface area contributed by atoms with Gasteiger partial charge in [0, 0.05) is 27.1 Å². The predicted molar refractivity (Wildman–Crippen MR) is 76.9 cm³/mol. The number of rotatable bonds is 7. The largest absolute Gasteiger partial charge is 0.459 e. The third kappa shape index (κ3) is 5.13. The van der Waals surface area contributed by atoms with Gasteiger partial charge in [-0.3, -0.25) is 4.79 Å². The van der Waals surface area contributed by atoms with Crippen molar-refractivity contribution in [3.63, 3.8) is 0 Å². The number of likely N-dealkylation sites (N-methyl/N-ethyl adjacent to an activating group) is 1. The first-order valence-electron chi connectivity index (χ1n) is 7.28. The molecule has 1 aliphatic rings. The van der Waals surface area contributed by atoms with E-state index in [4.69, 9.17) is 14.6 Å². The van der Waals surface area contributed by atoms with Crippen LogP contribution in [0.5, 0.6) is 0 Å². The van der Waals surface area contributed by atoms with Gasteiger partial charge in [-0.25, -0.2) is 0 Å². The van der Waals surface area contributed by atoms with Crippen molar-refractivity contribution in [2.24, 2.45) is 11.8 Å². The van der Waals surface area contributed by atoms with Crippen LogP contribution < -0.4 is 0 Å². The molecule has 1 rings (SSSR count). The Morgan fingerprint density at radius 2 is 2.20 bits per heavy atom. The van der Waals surface area contributed by atoms with E-state index >= 15 is 0 Å². The number of aliphatic hydroxyl groups is 1. The van der Waals surface area contributed by atoms with Gasteiger partial charge in [0.2, 0.25) is 6.29 Å². The molecule has 1 amide bonds. The standard InChI is InChI=1S/C15H27NO4/c1-11(2)12-9-13(15(18)16(3)4)20-14(10-12)19-8-6-5-7-17/h9,11-12,14,17H,5-8,10H2,1-4H3/t12-,14+/m1/s1. The molecule has 116 valence electrons. The first kappa shape index (κ1) is 17.0. The first-order chi connectivity index (χ1) is 9.45. The van der Waals surface area contributed by atoms with Gasteiger partial charge in [0.15, 0.2) is 5.76 Å². The van der Waals surface area contributed by atoms with Crippen LogP contribution in [0, 0.1) is 11.8 Å². The van der Waals surface area contributed by atoms with Crippen molar-refractivity contribution in [1.29, 1.82) is 0 Å². The van der Waals surface area contributed by atoms with Crippen LogP contribution in [0.15, 0.2) is 11.8 Å². The van der Waals surface area contributed by atoms with Gasteiger partial charge < -0.3 is 19.5 Å². The summed E-state index contributed by atoms with van der Waals surface area (Å²) >= 11 is 0. The van der Waals surface area contributed by atoms with Crippen molar-refractivity contribution in [1.82, 2.24) is 4.90 Å². The van der Waals surface area contributed by atoms with Crippen LogP contribution in [-0.4, -0.2) is 49.5 Å². The molecule has 1 heterocycles. The summed E-state index contributed by atoms with van der Waals surface area (Å²) < 4.78 is 11.3. The lowest BCUT2D eigenvalue weighted by Gasteiger charge is -2.31. The summed E-state index contributed by atoms with van der Waals surface area (Å²) in [6.07, 6.45) is 3.83. The minimum Gasteiger partial charge on any atom is -0.459 e. The molecule has 0 saturated carbocycles. The molecule has 0 unspecified atom stereocenters. The number of carbonyl (C=O) groups excluding carboxylic acids is 1. The molecular formula is C15H27NO4. The number of amides is 1. The van der Waals surface area contributed by atoms with E-state index in [1.165, 1.54) is 4.90 Å². The van der Waals surface area contributed by atoms with Gasteiger partial charge in [-0.05, 0) is 30.8 Å². The minimum atomic E-state index is -0.370. The summed E-state index contributed by atoms with van der Waals surface area (Å²) in [5.41, 5.74) is 0. The van der Waals surface area contributed by atoms with Crippen LogP contribution >= 0.6 is 0 Å². The van der Waals surface area contributed by atoms with Crippen molar-refractivity contribution >= 4 is 5.91 Å². The van der Waals surface area contributed by atoms with Gasteiger partial charge in [0.1, 0.15) is 0 Å². The lowest BCUT2D eigenvalue weighted by atomic mass is 9.90. The minimum absolute atomic E-state index is 0.126. The summed E-state index contributed by atoms with van der Waals surface area (Å²) in [7, 11) is 3.42. The second-order valence-electron chi connectivity index (χ2n) is 5.72. The predicted octanol–water partition coefficient (Wildman–Crippen LogP) is 1.77. The van der Waals surface area contributed by atoms with Crippen LogP contribution in [0.2, 0.25) is 0 Å². The van der Waals surface area contributed by atoms with E-state index in [0.717, 1.165) is 19.3 Å². The average molecular weight is 285 g/mol. The summed E-state index contributed by atoms with van der Waals surface area (Å²) in [4.78, 5) is 13.5. The lowest BCUT2D eigenvalue weighted by Crippen LogP contribution is -2.34. The second kappa shape index (κ2) is 8.27. The molecule has 0 bridgehead atoms. The van der Waals surface area contributed by atoms with Crippen molar-refractivity contribution in [3.05, 3.63) is 11.8 Å². The summed E-state index contributed by atoms with van der Waals surface area (Å²) in [6.45, 7) is 4.98. The molecule has 0 radical (unpaired) electrons. The number of ether oxygens (including phenoxy) is 2. The fourth-order valence-electron chi connectivity index (χ4n) is 2.05. The summed E-state index contributed by atoms with van der Waals surface area (Å²) in [5.74, 6) is 0.976. The molecule has 20 heavy (non-hydrogen) atoms. The zero-order valence-corrected chi connectivity index (χ0v) is 13.0. The number of nitrogens with zero attached hydrogens (tertiary/aromatic N) is 1. The smallest absolute Gasteiger partial charge is 0.288 e. The van der Waals surface area contributed by atoms with E-state index in [-0.39, 0.29) is 24.7 Å². The maximum atomic E-state index is 12.0. The highest BCUT2D eigenvalue weighted by atomic mass is 16.7. The van der Waals surface area contributed by atoms with Gasteiger partial charge in [0.05, 0.1) is 6.61 Å².